The molecule has 1 aromatic carbocycles. The summed E-state index contributed by atoms with van der Waals surface area (Å²) >= 11 is 0. The average molecular weight is 469 g/mol. The van der Waals surface area contributed by atoms with Crippen LogP contribution < -0.4 is 5.32 Å². The molecule has 9 nitrogen and oxygen atoms in total. The molecule has 0 atom stereocenters. The van der Waals surface area contributed by atoms with Crippen molar-refractivity contribution in [3.8, 4) is 17.3 Å². The van der Waals surface area contributed by atoms with Crippen LogP contribution >= 0.6 is 0 Å². The molecule has 1 fully saturated rings. The van der Waals surface area contributed by atoms with Gasteiger partial charge in [-0.1, -0.05) is 12.1 Å². The van der Waals surface area contributed by atoms with Crippen molar-refractivity contribution < 1.29 is 5.11 Å². The summed E-state index contributed by atoms with van der Waals surface area (Å²) in [6.45, 7) is 6.88. The molecule has 3 N–H and O–H groups in total. The van der Waals surface area contributed by atoms with Crippen LogP contribution in [0.5, 0.6) is 5.88 Å². The van der Waals surface area contributed by atoms with Crippen molar-refractivity contribution in [1.29, 1.82) is 0 Å². The molecule has 0 saturated carbocycles. The molecule has 178 valence electrons. The standard InChI is InChI=1S/C26H28N8O/c1-16(2)33-9-7-18(8-10-33)17-3-5-20(6-4-17)32-24-25-30-15-31-34(25)23(14-28-24)22-11-19-12-29-26(35)21(19)13-27-22/h3-6,11-16,18,29,35H,7-10H2,1-2H3,(H,28,32). The Morgan fingerprint density at radius 1 is 1.06 bits per heavy atom. The van der Waals surface area contributed by atoms with Crippen molar-refractivity contribution >= 4 is 27.9 Å². The third-order valence-electron chi connectivity index (χ3n) is 7.03. The highest BCUT2D eigenvalue weighted by atomic mass is 16.3. The number of hydrogen-bond donors (Lipinski definition) is 3. The fourth-order valence-electron chi connectivity index (χ4n) is 4.96. The van der Waals surface area contributed by atoms with Gasteiger partial charge in [0.15, 0.2) is 17.3 Å². The quantitative estimate of drug-likeness (QED) is 0.343. The molecule has 6 rings (SSSR count). The summed E-state index contributed by atoms with van der Waals surface area (Å²) in [7, 11) is 0. The van der Waals surface area contributed by atoms with Crippen molar-refractivity contribution in [3.05, 3.63) is 60.8 Å². The van der Waals surface area contributed by atoms with Gasteiger partial charge in [0.05, 0.1) is 17.3 Å². The number of aromatic nitrogens is 6. The largest absolute Gasteiger partial charge is 0.494 e. The van der Waals surface area contributed by atoms with Crippen molar-refractivity contribution in [3.63, 3.8) is 0 Å². The van der Waals surface area contributed by atoms with Crippen molar-refractivity contribution in [2.24, 2.45) is 0 Å². The van der Waals surface area contributed by atoms with E-state index < -0.39 is 0 Å². The number of aromatic amines is 1. The van der Waals surface area contributed by atoms with E-state index in [9.17, 15) is 5.11 Å². The molecule has 0 radical (unpaired) electrons. The van der Waals surface area contributed by atoms with E-state index in [4.69, 9.17) is 0 Å². The smallest absolute Gasteiger partial charge is 0.199 e. The molecule has 0 aliphatic carbocycles. The lowest BCUT2D eigenvalue weighted by atomic mass is 9.89. The number of pyridine rings is 1. The molecule has 1 aliphatic rings. The van der Waals surface area contributed by atoms with Gasteiger partial charge in [-0.05, 0) is 69.5 Å². The van der Waals surface area contributed by atoms with E-state index in [2.05, 4.69) is 73.4 Å². The number of rotatable bonds is 5. The minimum atomic E-state index is 0.106. The molecule has 1 saturated heterocycles. The molecule has 5 heterocycles. The van der Waals surface area contributed by atoms with E-state index in [1.165, 1.54) is 24.7 Å². The Bertz CT molecular complexity index is 1480. The average Bonchev–Trinajstić information content (AvgIpc) is 3.52. The number of anilines is 2. The van der Waals surface area contributed by atoms with E-state index in [0.717, 1.165) is 24.2 Å². The maximum atomic E-state index is 9.86. The third-order valence-corrected chi connectivity index (χ3v) is 7.03. The second-order valence-corrected chi connectivity index (χ2v) is 9.43. The van der Waals surface area contributed by atoms with Crippen LogP contribution in [0.25, 0.3) is 27.8 Å². The number of H-pyrrole nitrogens is 1. The fraction of sp³-hybridized carbons (Fsp3) is 0.308. The first-order chi connectivity index (χ1) is 17.1. The third kappa shape index (κ3) is 3.97. The van der Waals surface area contributed by atoms with Gasteiger partial charge in [-0.2, -0.15) is 5.10 Å². The zero-order valence-electron chi connectivity index (χ0n) is 19.8. The lowest BCUT2D eigenvalue weighted by Gasteiger charge is -2.34. The van der Waals surface area contributed by atoms with Gasteiger partial charge in [0, 0.05) is 29.5 Å². The van der Waals surface area contributed by atoms with Crippen LogP contribution in [0.2, 0.25) is 0 Å². The minimum absolute atomic E-state index is 0.106. The highest BCUT2D eigenvalue weighted by Gasteiger charge is 2.22. The van der Waals surface area contributed by atoms with Crippen LogP contribution in [-0.2, 0) is 0 Å². The van der Waals surface area contributed by atoms with Crippen LogP contribution in [0, 0.1) is 0 Å². The topological polar surface area (TPSA) is 107 Å². The summed E-state index contributed by atoms with van der Waals surface area (Å²) in [5.41, 5.74) is 4.38. The number of benzene rings is 1. The molecular weight excluding hydrogens is 440 g/mol. The van der Waals surface area contributed by atoms with Gasteiger partial charge in [-0.15, -0.1) is 0 Å². The summed E-state index contributed by atoms with van der Waals surface area (Å²) in [4.78, 5) is 18.9. The summed E-state index contributed by atoms with van der Waals surface area (Å²) < 4.78 is 1.73. The minimum Gasteiger partial charge on any atom is -0.494 e. The Morgan fingerprint density at radius 3 is 2.63 bits per heavy atom. The van der Waals surface area contributed by atoms with Gasteiger partial charge < -0.3 is 20.3 Å². The Balaban J connectivity index is 1.23. The van der Waals surface area contributed by atoms with Crippen molar-refractivity contribution in [2.45, 2.75) is 38.6 Å². The molecule has 4 aromatic heterocycles. The molecular formula is C26H28N8O. The van der Waals surface area contributed by atoms with E-state index in [1.54, 1.807) is 23.1 Å². The number of hydrogen-bond acceptors (Lipinski definition) is 7. The Hall–Kier alpha value is -3.98. The molecule has 35 heavy (non-hydrogen) atoms. The maximum absolute atomic E-state index is 9.86. The SMILES string of the molecule is CC(C)N1CCC(c2ccc(Nc3ncc(-c4cc5c[nH]c(O)c5cn4)n4ncnc34)cc2)CC1. The van der Waals surface area contributed by atoms with Crippen molar-refractivity contribution in [1.82, 2.24) is 34.4 Å². The first-order valence-electron chi connectivity index (χ1n) is 12.0. The fourth-order valence-corrected chi connectivity index (χ4v) is 4.96. The van der Waals surface area contributed by atoms with Crippen LogP contribution in [-0.4, -0.2) is 58.7 Å². The Morgan fingerprint density at radius 2 is 1.86 bits per heavy atom. The van der Waals surface area contributed by atoms with Crippen molar-refractivity contribution in [2.75, 3.05) is 18.4 Å². The number of piperidine rings is 1. The lowest BCUT2D eigenvalue weighted by molar-refractivity contribution is 0.172. The lowest BCUT2D eigenvalue weighted by Crippen LogP contribution is -2.37. The predicted molar refractivity (Wildman–Crippen MR) is 136 cm³/mol. The first kappa shape index (κ1) is 21.5. The number of nitrogens with zero attached hydrogens (tertiary/aromatic N) is 6. The van der Waals surface area contributed by atoms with Crippen LogP contribution in [0.4, 0.5) is 11.5 Å². The number of nitrogens with one attached hydrogen (secondary N) is 2. The molecule has 0 amide bonds. The van der Waals surface area contributed by atoms with Gasteiger partial charge >= 0.3 is 0 Å². The molecule has 0 bridgehead atoms. The van der Waals surface area contributed by atoms with Gasteiger partial charge in [0.1, 0.15) is 12.0 Å². The molecule has 1 aliphatic heterocycles. The summed E-state index contributed by atoms with van der Waals surface area (Å²) in [6.07, 6.45) is 9.04. The second kappa shape index (κ2) is 8.66. The van der Waals surface area contributed by atoms with Gasteiger partial charge in [-0.3, -0.25) is 4.98 Å². The zero-order valence-corrected chi connectivity index (χ0v) is 19.8. The first-order valence-corrected chi connectivity index (χ1v) is 12.0. The Labute approximate surface area is 202 Å². The summed E-state index contributed by atoms with van der Waals surface area (Å²) in [5, 5.41) is 19.2. The van der Waals surface area contributed by atoms with Crippen LogP contribution in [0.1, 0.15) is 38.2 Å². The summed E-state index contributed by atoms with van der Waals surface area (Å²) in [6, 6.07) is 11.2. The van der Waals surface area contributed by atoms with E-state index in [0.29, 0.717) is 40.2 Å². The highest BCUT2D eigenvalue weighted by Crippen LogP contribution is 2.31. The molecule has 0 spiro atoms. The van der Waals surface area contributed by atoms with E-state index >= 15 is 0 Å². The molecule has 5 aromatic rings. The normalized spacial score (nSPS) is 15.4. The summed E-state index contributed by atoms with van der Waals surface area (Å²) in [5.74, 6) is 1.35. The predicted octanol–water partition coefficient (Wildman–Crippen LogP) is 4.70. The monoisotopic (exact) mass is 468 g/mol. The second-order valence-electron chi connectivity index (χ2n) is 9.43. The van der Waals surface area contributed by atoms with Gasteiger partial charge in [0.2, 0.25) is 0 Å². The highest BCUT2D eigenvalue weighted by molar-refractivity contribution is 5.89. The number of aromatic hydroxyl groups is 1. The van der Waals surface area contributed by atoms with Gasteiger partial charge in [-0.25, -0.2) is 14.5 Å². The number of likely N-dealkylation sites (tertiary alicyclic amines) is 1. The molecule has 0 unspecified atom stereocenters. The zero-order chi connectivity index (χ0) is 23.9. The van der Waals surface area contributed by atoms with E-state index in [1.807, 2.05) is 6.07 Å². The maximum Gasteiger partial charge on any atom is 0.199 e. The van der Waals surface area contributed by atoms with Crippen LogP contribution in [0.3, 0.4) is 0 Å². The van der Waals surface area contributed by atoms with Gasteiger partial charge in [0.25, 0.3) is 0 Å². The Kier molecular flexibility index (Phi) is 5.33. The van der Waals surface area contributed by atoms with Crippen LogP contribution in [0.15, 0.2) is 55.2 Å². The molecule has 9 heteroatoms. The van der Waals surface area contributed by atoms with E-state index in [-0.39, 0.29) is 5.88 Å². The number of fused-ring (bicyclic) bond motifs is 2.